The van der Waals surface area contributed by atoms with Crippen LogP contribution >= 0.6 is 0 Å². The van der Waals surface area contributed by atoms with Crippen LogP contribution in [0.1, 0.15) is 40.7 Å². The summed E-state index contributed by atoms with van der Waals surface area (Å²) in [5.41, 5.74) is 6.31. The molecule has 0 saturated heterocycles. The molecule has 0 fully saturated rings. The van der Waals surface area contributed by atoms with Gasteiger partial charge in [0, 0.05) is 79.0 Å². The smallest absolute Gasteiger partial charge is 0.294 e. The summed E-state index contributed by atoms with van der Waals surface area (Å²) >= 11 is 0. The Balaban J connectivity index is 1.26. The first-order valence-corrected chi connectivity index (χ1v) is 21.1. The number of rotatable bonds is 7. The Morgan fingerprint density at radius 2 is 1.15 bits per heavy atom. The second kappa shape index (κ2) is 12.7. The van der Waals surface area contributed by atoms with Crippen LogP contribution in [0.4, 0.5) is 22.7 Å². The number of hydrogen-bond acceptors (Lipinski definition) is 10. The van der Waals surface area contributed by atoms with Crippen LogP contribution in [0.5, 0.6) is 11.5 Å². The topological polar surface area (TPSA) is 179 Å². The van der Waals surface area contributed by atoms with Crippen LogP contribution in [0.2, 0.25) is 0 Å². The average Bonchev–Trinajstić information content (AvgIpc) is 3.76. The summed E-state index contributed by atoms with van der Waals surface area (Å²) in [6.45, 7) is 2.24. The highest BCUT2D eigenvalue weighted by molar-refractivity contribution is 7.89. The molecule has 0 saturated carbocycles. The summed E-state index contributed by atoms with van der Waals surface area (Å²) in [6.07, 6.45) is 1.06. The molecule has 278 valence electrons. The van der Waals surface area contributed by atoms with E-state index in [2.05, 4.69) is 0 Å². The molecule has 2 N–H and O–H groups in total. The van der Waals surface area contributed by atoms with E-state index in [0.717, 1.165) is 38.2 Å². The number of amides is 1. The molecule has 0 unspecified atom stereocenters. The monoisotopic (exact) mass is 787 g/mol. The van der Waals surface area contributed by atoms with E-state index < -0.39 is 42.1 Å². The van der Waals surface area contributed by atoms with E-state index >= 15 is 0 Å². The third-order valence-electron chi connectivity index (χ3n) is 10.3. The first-order chi connectivity index (χ1) is 25.5. The van der Waals surface area contributed by atoms with Crippen LogP contribution < -0.4 is 14.5 Å². The SMILES string of the molecule is CC(=O)N(C)S(=O)(=O)c1ccccc1C1c2ccc(N3CCc4cc(S(=O)(=O)O)ccc43)cc2Oc2cc(N3CCc4cc(S(=O)(=O)O)ccc43)ccc21. The number of anilines is 4. The molecular formula is C38H33N3O10S3. The van der Waals surface area contributed by atoms with Gasteiger partial charge in [0.25, 0.3) is 30.3 Å². The van der Waals surface area contributed by atoms with Crippen molar-refractivity contribution in [3.63, 3.8) is 0 Å². The molecule has 3 aliphatic heterocycles. The molecule has 0 aliphatic carbocycles. The van der Waals surface area contributed by atoms with Gasteiger partial charge in [0.1, 0.15) is 11.5 Å². The van der Waals surface area contributed by atoms with Gasteiger partial charge in [-0.1, -0.05) is 30.3 Å². The number of fused-ring (bicyclic) bond motifs is 4. The van der Waals surface area contributed by atoms with Gasteiger partial charge >= 0.3 is 0 Å². The first kappa shape index (κ1) is 35.8. The molecule has 0 aromatic heterocycles. The standard InChI is InChI=1S/C38H33N3O10S3/c1-23(42)39(2)52(43,44)37-6-4-3-5-32(37)38-30-11-7-26(40-17-15-24-19-28(53(45,46)47)9-13-33(24)40)21-35(30)51-36-22-27(8-12-31(36)38)41-18-16-25-20-29(54(48,49)50)10-14-34(25)41/h3-14,19-22,38H,15-18H2,1-2H3,(H,45,46,47)(H,48,49,50). The molecule has 16 heteroatoms. The zero-order chi connectivity index (χ0) is 38.3. The Labute approximate surface area is 312 Å². The lowest BCUT2D eigenvalue weighted by atomic mass is 9.82. The number of carbonyl (C=O) groups excluding carboxylic acids is 1. The van der Waals surface area contributed by atoms with Crippen LogP contribution in [-0.2, 0) is 47.9 Å². The van der Waals surface area contributed by atoms with Gasteiger partial charge in [-0.05, 0) is 84.1 Å². The molecule has 8 rings (SSSR count). The summed E-state index contributed by atoms with van der Waals surface area (Å²) in [7, 11) is -11.8. The lowest BCUT2D eigenvalue weighted by molar-refractivity contribution is -0.123. The molecule has 5 aromatic rings. The van der Waals surface area contributed by atoms with Crippen LogP contribution in [0.3, 0.4) is 0 Å². The summed E-state index contributed by atoms with van der Waals surface area (Å²) < 4.78 is 102. The van der Waals surface area contributed by atoms with Crippen molar-refractivity contribution < 1.29 is 43.9 Å². The van der Waals surface area contributed by atoms with Crippen LogP contribution in [0.25, 0.3) is 0 Å². The minimum atomic E-state index is -4.38. The van der Waals surface area contributed by atoms with E-state index in [-0.39, 0.29) is 14.7 Å². The van der Waals surface area contributed by atoms with Crippen LogP contribution in [-0.4, -0.2) is 64.7 Å². The fourth-order valence-corrected chi connectivity index (χ4v) is 9.97. The van der Waals surface area contributed by atoms with Crippen molar-refractivity contribution in [2.75, 3.05) is 29.9 Å². The van der Waals surface area contributed by atoms with Gasteiger partial charge < -0.3 is 14.5 Å². The van der Waals surface area contributed by atoms with Crippen molar-refractivity contribution >= 4 is 58.9 Å². The van der Waals surface area contributed by atoms with Crippen LogP contribution in [0.15, 0.2) is 112 Å². The van der Waals surface area contributed by atoms with E-state index in [9.17, 15) is 39.2 Å². The van der Waals surface area contributed by atoms with E-state index in [1.807, 2.05) is 46.2 Å². The number of ether oxygens (including phenoxy) is 1. The van der Waals surface area contributed by atoms with Crippen molar-refractivity contribution in [1.29, 1.82) is 0 Å². The van der Waals surface area contributed by atoms with Gasteiger partial charge in [0.15, 0.2) is 0 Å². The lowest BCUT2D eigenvalue weighted by Crippen LogP contribution is -2.32. The lowest BCUT2D eigenvalue weighted by Gasteiger charge is -2.32. The molecule has 3 aliphatic rings. The molecule has 0 atom stereocenters. The minimum absolute atomic E-state index is 0.0362. The first-order valence-electron chi connectivity index (χ1n) is 16.8. The molecule has 0 radical (unpaired) electrons. The van der Waals surface area contributed by atoms with Crippen molar-refractivity contribution in [1.82, 2.24) is 4.31 Å². The third kappa shape index (κ3) is 5.99. The zero-order valence-corrected chi connectivity index (χ0v) is 31.3. The normalized spacial score (nSPS) is 15.3. The number of benzene rings is 5. The maximum Gasteiger partial charge on any atom is 0.294 e. The molecular weight excluding hydrogens is 755 g/mol. The number of nitrogens with zero attached hydrogens (tertiary/aromatic N) is 3. The second-order valence-corrected chi connectivity index (χ2v) is 18.1. The van der Waals surface area contributed by atoms with Gasteiger partial charge in [0.2, 0.25) is 5.91 Å². The number of hydrogen-bond donors (Lipinski definition) is 2. The Morgan fingerprint density at radius 1 is 0.667 bits per heavy atom. The molecule has 0 spiro atoms. The van der Waals surface area contributed by atoms with Crippen molar-refractivity contribution in [3.05, 3.63) is 125 Å². The van der Waals surface area contributed by atoms with E-state index in [0.29, 0.717) is 54.1 Å². The quantitative estimate of drug-likeness (QED) is 0.180. The van der Waals surface area contributed by atoms with Crippen LogP contribution in [0, 0.1) is 0 Å². The molecule has 0 bridgehead atoms. The fourth-order valence-electron chi connectivity index (χ4n) is 7.54. The summed E-state index contributed by atoms with van der Waals surface area (Å²) in [4.78, 5) is 15.9. The van der Waals surface area contributed by atoms with Gasteiger partial charge in [-0.3, -0.25) is 13.9 Å². The second-order valence-electron chi connectivity index (χ2n) is 13.3. The predicted molar refractivity (Wildman–Crippen MR) is 200 cm³/mol. The number of carbonyl (C=O) groups is 1. The maximum absolute atomic E-state index is 13.9. The van der Waals surface area contributed by atoms with Gasteiger partial charge in [0.05, 0.1) is 14.7 Å². The van der Waals surface area contributed by atoms with Gasteiger partial charge in [-0.25, -0.2) is 12.7 Å². The van der Waals surface area contributed by atoms with E-state index in [1.165, 1.54) is 44.3 Å². The number of sulfonamides is 1. The van der Waals surface area contributed by atoms with Gasteiger partial charge in [-0.15, -0.1) is 0 Å². The van der Waals surface area contributed by atoms with Crippen molar-refractivity contribution in [3.8, 4) is 11.5 Å². The Hall–Kier alpha value is -5.26. The predicted octanol–water partition coefficient (Wildman–Crippen LogP) is 6.02. The van der Waals surface area contributed by atoms with Crippen molar-refractivity contribution in [2.24, 2.45) is 0 Å². The highest BCUT2D eigenvalue weighted by atomic mass is 32.2. The molecule has 54 heavy (non-hydrogen) atoms. The van der Waals surface area contributed by atoms with Gasteiger partial charge in [-0.2, -0.15) is 16.8 Å². The largest absolute Gasteiger partial charge is 0.457 e. The Bertz CT molecular complexity index is 2610. The maximum atomic E-state index is 13.9. The van der Waals surface area contributed by atoms with Crippen molar-refractivity contribution in [2.45, 2.75) is 40.4 Å². The Morgan fingerprint density at radius 3 is 1.61 bits per heavy atom. The summed E-state index contributed by atoms with van der Waals surface area (Å²) in [5.74, 6) is -0.380. The summed E-state index contributed by atoms with van der Waals surface area (Å²) in [6, 6.07) is 26.7. The molecule has 13 nitrogen and oxygen atoms in total. The molecule has 5 aromatic carbocycles. The summed E-state index contributed by atoms with van der Waals surface area (Å²) in [5, 5.41) is 0. The highest BCUT2D eigenvalue weighted by Crippen LogP contribution is 2.52. The van der Waals surface area contributed by atoms with E-state index in [1.54, 1.807) is 30.3 Å². The molecule has 3 heterocycles. The van der Waals surface area contributed by atoms with E-state index in [4.69, 9.17) is 4.74 Å². The fraction of sp³-hybridized carbons (Fsp3) is 0.184. The molecule has 1 amide bonds. The Kier molecular flexibility index (Phi) is 8.39. The zero-order valence-electron chi connectivity index (χ0n) is 28.9. The highest BCUT2D eigenvalue weighted by Gasteiger charge is 2.36. The average molecular weight is 788 g/mol. The third-order valence-corrected chi connectivity index (χ3v) is 13.9. The minimum Gasteiger partial charge on any atom is -0.457 e.